The topological polar surface area (TPSA) is 12.4 Å². The average Bonchev–Trinajstić information content (AvgIpc) is 2.57. The van der Waals surface area contributed by atoms with Crippen molar-refractivity contribution in [3.63, 3.8) is 0 Å². The van der Waals surface area contributed by atoms with E-state index in [1.807, 2.05) is 12.1 Å². The number of aryl methyl sites for hydroxylation is 1. The Morgan fingerprint density at radius 2 is 1.70 bits per heavy atom. The molecule has 0 atom stereocenters. The van der Waals surface area contributed by atoms with E-state index in [-0.39, 0.29) is 5.69 Å². The van der Waals surface area contributed by atoms with Crippen LogP contribution in [0, 0.1) is 17.7 Å². The SMILES string of the molecule is CCCCCc1ccc(C#Cc2ccc(N=C=S)c(F)c2)cc1. The van der Waals surface area contributed by atoms with Gasteiger partial charge in [0, 0.05) is 11.1 Å². The Bertz CT molecular complexity index is 762. The van der Waals surface area contributed by atoms with Gasteiger partial charge in [-0.25, -0.2) is 4.39 Å². The summed E-state index contributed by atoms with van der Waals surface area (Å²) in [6.07, 6.45) is 4.82. The molecule has 0 aromatic heterocycles. The maximum Gasteiger partial charge on any atom is 0.150 e. The van der Waals surface area contributed by atoms with Gasteiger partial charge < -0.3 is 0 Å². The Kier molecular flexibility index (Phi) is 6.69. The highest BCUT2D eigenvalue weighted by molar-refractivity contribution is 7.78. The van der Waals surface area contributed by atoms with Crippen LogP contribution >= 0.6 is 12.2 Å². The third-order valence-electron chi connectivity index (χ3n) is 3.49. The summed E-state index contributed by atoms with van der Waals surface area (Å²) in [5.41, 5.74) is 3.04. The predicted molar refractivity (Wildman–Crippen MR) is 96.7 cm³/mol. The molecule has 0 aliphatic rings. The molecule has 0 spiro atoms. The van der Waals surface area contributed by atoms with Crippen LogP contribution < -0.4 is 0 Å². The smallest absolute Gasteiger partial charge is 0.150 e. The predicted octanol–water partition coefficient (Wildman–Crippen LogP) is 5.69. The molecule has 1 nitrogen and oxygen atoms in total. The van der Waals surface area contributed by atoms with Gasteiger partial charge in [-0.15, -0.1) is 0 Å². The van der Waals surface area contributed by atoms with Crippen LogP contribution in [-0.2, 0) is 6.42 Å². The highest BCUT2D eigenvalue weighted by Crippen LogP contribution is 2.18. The molecule has 0 N–H and O–H groups in total. The van der Waals surface area contributed by atoms with Crippen molar-refractivity contribution in [2.75, 3.05) is 0 Å². The van der Waals surface area contributed by atoms with Gasteiger partial charge in [0.05, 0.1) is 5.16 Å². The summed E-state index contributed by atoms with van der Waals surface area (Å²) in [4.78, 5) is 3.65. The number of halogens is 1. The third-order valence-corrected chi connectivity index (χ3v) is 3.58. The fourth-order valence-electron chi connectivity index (χ4n) is 2.20. The van der Waals surface area contributed by atoms with Crippen LogP contribution in [0.2, 0.25) is 0 Å². The van der Waals surface area contributed by atoms with Crippen molar-refractivity contribution >= 4 is 23.1 Å². The molecule has 0 bridgehead atoms. The summed E-state index contributed by atoms with van der Waals surface area (Å²) in [6, 6.07) is 12.9. The van der Waals surface area contributed by atoms with Gasteiger partial charge in [-0.2, -0.15) is 4.99 Å². The largest absolute Gasteiger partial charge is 0.205 e. The van der Waals surface area contributed by atoms with Crippen molar-refractivity contribution in [1.82, 2.24) is 0 Å². The maximum atomic E-state index is 13.7. The minimum Gasteiger partial charge on any atom is -0.205 e. The lowest BCUT2D eigenvalue weighted by molar-refractivity contribution is 0.629. The van der Waals surface area contributed by atoms with E-state index in [9.17, 15) is 4.39 Å². The molecule has 3 heteroatoms. The second-order valence-corrected chi connectivity index (χ2v) is 5.46. The minimum absolute atomic E-state index is 0.182. The summed E-state index contributed by atoms with van der Waals surface area (Å²) in [6.45, 7) is 2.20. The van der Waals surface area contributed by atoms with Gasteiger partial charge in [-0.3, -0.25) is 0 Å². The number of hydrogen-bond donors (Lipinski definition) is 0. The molecule has 0 saturated heterocycles. The Morgan fingerprint density at radius 1 is 1.00 bits per heavy atom. The van der Waals surface area contributed by atoms with Crippen LogP contribution in [0.3, 0.4) is 0 Å². The van der Waals surface area contributed by atoms with Crippen LogP contribution in [0.1, 0.15) is 42.9 Å². The lowest BCUT2D eigenvalue weighted by Gasteiger charge is -2.00. The van der Waals surface area contributed by atoms with Gasteiger partial charge in [-0.1, -0.05) is 43.7 Å². The van der Waals surface area contributed by atoms with E-state index in [0.29, 0.717) is 5.56 Å². The van der Waals surface area contributed by atoms with Crippen molar-refractivity contribution in [3.05, 3.63) is 65.0 Å². The quantitative estimate of drug-likeness (QED) is 0.298. The summed E-state index contributed by atoms with van der Waals surface area (Å²) < 4.78 is 13.7. The van der Waals surface area contributed by atoms with Crippen LogP contribution in [0.15, 0.2) is 47.5 Å². The van der Waals surface area contributed by atoms with E-state index < -0.39 is 5.82 Å². The lowest BCUT2D eigenvalue weighted by Crippen LogP contribution is -1.86. The number of isothiocyanates is 1. The first-order valence-electron chi connectivity index (χ1n) is 7.71. The van der Waals surface area contributed by atoms with Gasteiger partial charge in [0.25, 0.3) is 0 Å². The van der Waals surface area contributed by atoms with Crippen LogP contribution in [0.4, 0.5) is 10.1 Å². The highest BCUT2D eigenvalue weighted by atomic mass is 32.1. The lowest BCUT2D eigenvalue weighted by atomic mass is 10.1. The van der Waals surface area contributed by atoms with Gasteiger partial charge >= 0.3 is 0 Å². The molecule has 0 heterocycles. The molecule has 0 radical (unpaired) electrons. The van der Waals surface area contributed by atoms with Crippen LogP contribution in [0.5, 0.6) is 0 Å². The van der Waals surface area contributed by atoms with E-state index in [0.717, 1.165) is 12.0 Å². The van der Waals surface area contributed by atoms with Crippen molar-refractivity contribution in [3.8, 4) is 11.8 Å². The normalized spacial score (nSPS) is 9.65. The first-order valence-corrected chi connectivity index (χ1v) is 8.12. The van der Waals surface area contributed by atoms with E-state index in [4.69, 9.17) is 0 Å². The zero-order chi connectivity index (χ0) is 16.5. The van der Waals surface area contributed by atoms with Crippen molar-refractivity contribution in [2.45, 2.75) is 32.6 Å². The molecule has 0 saturated carbocycles. The standard InChI is InChI=1S/C20H18FNS/c1-2-3-4-5-16-6-8-17(9-7-16)10-11-18-12-13-20(22-15-23)19(21)14-18/h6-9,12-14H,2-5H2,1H3. The van der Waals surface area contributed by atoms with Gasteiger partial charge in [0.15, 0.2) is 5.82 Å². The first-order chi connectivity index (χ1) is 11.2. The number of rotatable bonds is 5. The Hall–Kier alpha value is -2.27. The fourth-order valence-corrected chi connectivity index (χ4v) is 2.30. The summed E-state index contributed by atoms with van der Waals surface area (Å²) in [5, 5.41) is 2.16. The molecule has 2 aromatic rings. The molecule has 0 aliphatic heterocycles. The zero-order valence-corrected chi connectivity index (χ0v) is 13.9. The molecule has 0 fully saturated rings. The molecule has 116 valence electrons. The van der Waals surface area contributed by atoms with Crippen LogP contribution in [0.25, 0.3) is 0 Å². The molecule has 2 aromatic carbocycles. The molecular formula is C20H18FNS. The van der Waals surface area contributed by atoms with E-state index in [1.165, 1.54) is 30.9 Å². The third kappa shape index (κ3) is 5.45. The Morgan fingerprint density at radius 3 is 2.35 bits per heavy atom. The minimum atomic E-state index is -0.444. The molecule has 0 aliphatic carbocycles. The number of benzene rings is 2. The Labute approximate surface area is 142 Å². The van der Waals surface area contributed by atoms with E-state index >= 15 is 0 Å². The zero-order valence-electron chi connectivity index (χ0n) is 13.1. The highest BCUT2D eigenvalue weighted by Gasteiger charge is 2.00. The van der Waals surface area contributed by atoms with Gasteiger partial charge in [-0.05, 0) is 61.0 Å². The molecule has 2 rings (SSSR count). The van der Waals surface area contributed by atoms with Crippen molar-refractivity contribution < 1.29 is 4.39 Å². The second kappa shape index (κ2) is 9.00. The van der Waals surface area contributed by atoms with Crippen molar-refractivity contribution in [1.29, 1.82) is 0 Å². The van der Waals surface area contributed by atoms with E-state index in [2.05, 4.69) is 53.3 Å². The summed E-state index contributed by atoms with van der Waals surface area (Å²) in [7, 11) is 0. The molecule has 0 unspecified atom stereocenters. The second-order valence-electron chi connectivity index (χ2n) is 5.27. The molecular weight excluding hydrogens is 305 g/mol. The Balaban J connectivity index is 2.06. The van der Waals surface area contributed by atoms with Crippen molar-refractivity contribution in [2.24, 2.45) is 4.99 Å². The monoisotopic (exact) mass is 323 g/mol. The molecule has 0 amide bonds. The maximum absolute atomic E-state index is 13.7. The van der Waals surface area contributed by atoms with Crippen LogP contribution in [-0.4, -0.2) is 5.16 Å². The van der Waals surface area contributed by atoms with Gasteiger partial charge in [0.2, 0.25) is 0 Å². The average molecular weight is 323 g/mol. The van der Waals surface area contributed by atoms with E-state index in [1.54, 1.807) is 12.1 Å². The number of nitrogens with zero attached hydrogens (tertiary/aromatic N) is 1. The van der Waals surface area contributed by atoms with Gasteiger partial charge in [0.1, 0.15) is 5.69 Å². The number of aliphatic imine (C=N–C) groups is 1. The first kappa shape index (κ1) is 17.1. The number of hydrogen-bond acceptors (Lipinski definition) is 2. The number of thiocarbonyl (C=S) groups is 1. The fraction of sp³-hybridized carbons (Fsp3) is 0.250. The summed E-state index contributed by atoms with van der Waals surface area (Å²) >= 11 is 4.47. The summed E-state index contributed by atoms with van der Waals surface area (Å²) in [5.74, 6) is 5.57. The molecule has 23 heavy (non-hydrogen) atoms. The number of unbranched alkanes of at least 4 members (excludes halogenated alkanes) is 2.